The highest BCUT2D eigenvalue weighted by Crippen LogP contribution is 2.24. The average Bonchev–Trinajstić information content (AvgIpc) is 2.38. The van der Waals surface area contributed by atoms with Gasteiger partial charge in [0.25, 0.3) is 0 Å². The second kappa shape index (κ2) is 7.30. The minimum Gasteiger partial charge on any atom is -0.494 e. The lowest BCUT2D eigenvalue weighted by atomic mass is 10.1. The Bertz CT molecular complexity index is 360. The Balaban J connectivity index is 1.97. The van der Waals surface area contributed by atoms with Crippen LogP contribution in [0.1, 0.15) is 50.5 Å². The van der Waals surface area contributed by atoms with Crippen LogP contribution in [0.25, 0.3) is 0 Å². The van der Waals surface area contributed by atoms with Gasteiger partial charge in [0.15, 0.2) is 0 Å². The van der Waals surface area contributed by atoms with Gasteiger partial charge in [0.05, 0.1) is 13.2 Å². The fraction of sp³-hybridized carbons (Fsp3) is 0.625. The smallest absolute Gasteiger partial charge is 0.122 e. The first-order chi connectivity index (χ1) is 8.86. The maximum absolute atomic E-state index is 5.81. The lowest BCUT2D eigenvalue weighted by molar-refractivity contribution is 0.299. The zero-order valence-electron chi connectivity index (χ0n) is 11.4. The predicted molar refractivity (Wildman–Crippen MR) is 74.5 cm³/mol. The van der Waals surface area contributed by atoms with Crippen LogP contribution >= 0.6 is 0 Å². The Kier molecular flexibility index (Phi) is 5.37. The lowest BCUT2D eigenvalue weighted by Gasteiger charge is -2.11. The SMILES string of the molecule is Cc1cc2ccc1OCCCCCCCCCO2. The molecule has 0 saturated heterocycles. The molecule has 2 heteroatoms. The van der Waals surface area contributed by atoms with Crippen molar-refractivity contribution >= 4 is 0 Å². The number of ether oxygens (including phenoxy) is 2. The summed E-state index contributed by atoms with van der Waals surface area (Å²) in [6, 6.07) is 6.13. The van der Waals surface area contributed by atoms with E-state index in [-0.39, 0.29) is 0 Å². The van der Waals surface area contributed by atoms with Gasteiger partial charge in [-0.25, -0.2) is 0 Å². The van der Waals surface area contributed by atoms with Crippen molar-refractivity contribution in [2.75, 3.05) is 13.2 Å². The van der Waals surface area contributed by atoms with Crippen molar-refractivity contribution in [2.24, 2.45) is 0 Å². The molecule has 2 heterocycles. The molecule has 0 aliphatic carbocycles. The largest absolute Gasteiger partial charge is 0.494 e. The van der Waals surface area contributed by atoms with Gasteiger partial charge in [-0.15, -0.1) is 0 Å². The third-order valence-electron chi connectivity index (χ3n) is 3.46. The fourth-order valence-electron chi connectivity index (χ4n) is 2.33. The molecule has 1 aromatic rings. The van der Waals surface area contributed by atoms with Gasteiger partial charge in [-0.2, -0.15) is 0 Å². The van der Waals surface area contributed by atoms with Gasteiger partial charge >= 0.3 is 0 Å². The van der Waals surface area contributed by atoms with Gasteiger partial charge in [-0.05, 0) is 43.5 Å². The summed E-state index contributed by atoms with van der Waals surface area (Å²) in [6.07, 6.45) is 8.92. The van der Waals surface area contributed by atoms with Crippen LogP contribution in [-0.4, -0.2) is 13.2 Å². The molecule has 0 saturated carbocycles. The summed E-state index contributed by atoms with van der Waals surface area (Å²) in [7, 11) is 0. The zero-order chi connectivity index (χ0) is 12.6. The predicted octanol–water partition coefficient (Wildman–Crippen LogP) is 4.50. The molecular formula is C16H24O2. The van der Waals surface area contributed by atoms with E-state index in [0.29, 0.717) is 0 Å². The molecule has 2 nitrogen and oxygen atoms in total. The van der Waals surface area contributed by atoms with Crippen LogP contribution in [0.15, 0.2) is 18.2 Å². The Morgan fingerprint density at radius 2 is 1.39 bits per heavy atom. The van der Waals surface area contributed by atoms with Crippen LogP contribution in [0.5, 0.6) is 11.5 Å². The molecule has 0 unspecified atom stereocenters. The molecule has 1 aromatic carbocycles. The summed E-state index contributed by atoms with van der Waals surface area (Å²) in [6.45, 7) is 3.75. The summed E-state index contributed by atoms with van der Waals surface area (Å²) < 4.78 is 11.6. The molecule has 2 bridgehead atoms. The van der Waals surface area contributed by atoms with E-state index in [1.165, 1.54) is 37.7 Å². The van der Waals surface area contributed by atoms with E-state index in [0.717, 1.165) is 37.6 Å². The topological polar surface area (TPSA) is 18.5 Å². The number of hydrogen-bond donors (Lipinski definition) is 0. The number of aryl methyl sites for hydroxylation is 1. The third-order valence-corrected chi connectivity index (χ3v) is 3.46. The first kappa shape index (κ1) is 13.3. The fourth-order valence-corrected chi connectivity index (χ4v) is 2.33. The Labute approximate surface area is 110 Å². The normalized spacial score (nSPS) is 18.3. The molecule has 3 rings (SSSR count). The van der Waals surface area contributed by atoms with Crippen LogP contribution in [-0.2, 0) is 0 Å². The van der Waals surface area contributed by atoms with Gasteiger partial charge in [0.1, 0.15) is 11.5 Å². The Morgan fingerprint density at radius 1 is 0.778 bits per heavy atom. The Morgan fingerprint density at radius 3 is 2.06 bits per heavy atom. The van der Waals surface area contributed by atoms with Crippen molar-refractivity contribution < 1.29 is 9.47 Å². The molecule has 100 valence electrons. The molecule has 2 aliphatic rings. The van der Waals surface area contributed by atoms with E-state index in [1.54, 1.807) is 0 Å². The third kappa shape index (κ3) is 4.25. The average molecular weight is 248 g/mol. The zero-order valence-corrected chi connectivity index (χ0v) is 11.4. The minimum absolute atomic E-state index is 0.833. The van der Waals surface area contributed by atoms with Gasteiger partial charge < -0.3 is 9.47 Å². The first-order valence-electron chi connectivity index (χ1n) is 7.22. The highest BCUT2D eigenvalue weighted by atomic mass is 16.5. The second-order valence-electron chi connectivity index (χ2n) is 5.10. The van der Waals surface area contributed by atoms with Crippen LogP contribution < -0.4 is 9.47 Å². The van der Waals surface area contributed by atoms with Crippen molar-refractivity contribution in [1.29, 1.82) is 0 Å². The maximum atomic E-state index is 5.81. The van der Waals surface area contributed by atoms with Gasteiger partial charge in [0, 0.05) is 0 Å². The van der Waals surface area contributed by atoms with E-state index in [1.807, 2.05) is 12.1 Å². The van der Waals surface area contributed by atoms with Crippen LogP contribution in [0.4, 0.5) is 0 Å². The van der Waals surface area contributed by atoms with Crippen LogP contribution in [0.2, 0.25) is 0 Å². The molecule has 0 aromatic heterocycles. The number of hydrogen-bond acceptors (Lipinski definition) is 2. The van der Waals surface area contributed by atoms with Gasteiger partial charge in [0.2, 0.25) is 0 Å². The lowest BCUT2D eigenvalue weighted by Crippen LogP contribution is -2.00. The van der Waals surface area contributed by atoms with Crippen molar-refractivity contribution in [1.82, 2.24) is 0 Å². The molecule has 0 atom stereocenters. The first-order valence-corrected chi connectivity index (χ1v) is 7.22. The van der Waals surface area contributed by atoms with Crippen molar-refractivity contribution in [3.63, 3.8) is 0 Å². The monoisotopic (exact) mass is 248 g/mol. The molecule has 0 N–H and O–H groups in total. The summed E-state index contributed by atoms with van der Waals surface area (Å²) >= 11 is 0. The van der Waals surface area contributed by atoms with E-state index in [2.05, 4.69) is 13.0 Å². The minimum atomic E-state index is 0.833. The molecule has 0 fully saturated rings. The second-order valence-corrected chi connectivity index (χ2v) is 5.10. The summed E-state index contributed by atoms with van der Waals surface area (Å²) in [4.78, 5) is 0. The molecule has 0 amide bonds. The molecule has 0 spiro atoms. The van der Waals surface area contributed by atoms with Crippen LogP contribution in [0, 0.1) is 6.92 Å². The van der Waals surface area contributed by atoms with Crippen molar-refractivity contribution in [3.8, 4) is 11.5 Å². The van der Waals surface area contributed by atoms with E-state index in [4.69, 9.17) is 9.47 Å². The van der Waals surface area contributed by atoms with E-state index in [9.17, 15) is 0 Å². The molecule has 0 radical (unpaired) electrons. The maximum Gasteiger partial charge on any atom is 0.122 e. The highest BCUT2D eigenvalue weighted by Gasteiger charge is 2.03. The van der Waals surface area contributed by atoms with Crippen molar-refractivity contribution in [3.05, 3.63) is 23.8 Å². The molecular weight excluding hydrogens is 224 g/mol. The summed E-state index contributed by atoms with van der Waals surface area (Å²) in [5, 5.41) is 0. The standard InChI is InChI=1S/C16H24O2/c1-14-13-15-9-10-16(14)18-12-8-6-4-2-3-5-7-11-17-15/h9-10,13H,2-8,11-12H2,1H3. The number of fused-ring (bicyclic) bond motifs is 12. The molecule has 2 aliphatic heterocycles. The molecule has 18 heavy (non-hydrogen) atoms. The number of rotatable bonds is 0. The highest BCUT2D eigenvalue weighted by molar-refractivity contribution is 5.39. The summed E-state index contributed by atoms with van der Waals surface area (Å²) in [5.74, 6) is 1.96. The van der Waals surface area contributed by atoms with Crippen molar-refractivity contribution in [2.45, 2.75) is 51.9 Å². The van der Waals surface area contributed by atoms with Gasteiger partial charge in [-0.1, -0.05) is 32.1 Å². The number of benzene rings is 1. The quantitative estimate of drug-likeness (QED) is 0.673. The summed E-state index contributed by atoms with van der Waals surface area (Å²) in [5.41, 5.74) is 1.17. The van der Waals surface area contributed by atoms with Crippen LogP contribution in [0.3, 0.4) is 0 Å². The Hall–Kier alpha value is -1.18. The van der Waals surface area contributed by atoms with E-state index >= 15 is 0 Å². The van der Waals surface area contributed by atoms with Gasteiger partial charge in [-0.3, -0.25) is 0 Å². The van der Waals surface area contributed by atoms with E-state index < -0.39 is 0 Å².